The lowest BCUT2D eigenvalue weighted by Crippen LogP contribution is -2.15. The van der Waals surface area contributed by atoms with Gasteiger partial charge in [0.2, 0.25) is 0 Å². The number of rotatable bonds is 10. The molecule has 1 N–H and O–H groups in total. The number of fused-ring (bicyclic) bond motifs is 2. The van der Waals surface area contributed by atoms with Gasteiger partial charge in [0.1, 0.15) is 22.7 Å². The van der Waals surface area contributed by atoms with Crippen LogP contribution in [0, 0.1) is 0 Å². The molecule has 0 aliphatic rings. The van der Waals surface area contributed by atoms with Crippen LogP contribution in [0.4, 0.5) is 0 Å². The van der Waals surface area contributed by atoms with Gasteiger partial charge in [-0.1, -0.05) is 60.7 Å². The molecule has 0 aliphatic carbocycles. The Bertz CT molecular complexity index is 1800. The SMILES string of the molecule is O=c1oc2cc(OCCC(O)CCOc3ccc4cc(-c5ccccc5)c(=O)oc4c3)ccc2cc1-c1ccccc1. The molecule has 0 saturated heterocycles. The fourth-order valence-electron chi connectivity index (χ4n) is 4.77. The van der Waals surface area contributed by atoms with Crippen molar-refractivity contribution in [2.75, 3.05) is 13.2 Å². The second-order valence-corrected chi connectivity index (χ2v) is 9.95. The van der Waals surface area contributed by atoms with Crippen LogP contribution in [-0.4, -0.2) is 24.4 Å². The molecule has 2 heterocycles. The first-order valence-corrected chi connectivity index (χ1v) is 13.7. The topological polar surface area (TPSA) is 99.1 Å². The van der Waals surface area contributed by atoms with Crippen molar-refractivity contribution in [2.24, 2.45) is 0 Å². The Hall–Kier alpha value is -5.14. The molecule has 0 spiro atoms. The van der Waals surface area contributed by atoms with Crippen molar-refractivity contribution in [3.05, 3.63) is 130 Å². The summed E-state index contributed by atoms with van der Waals surface area (Å²) in [4.78, 5) is 25.1. The summed E-state index contributed by atoms with van der Waals surface area (Å²) in [5.41, 5.74) is 2.67. The highest BCUT2D eigenvalue weighted by atomic mass is 16.5. The summed E-state index contributed by atoms with van der Waals surface area (Å²) in [5.74, 6) is 1.10. The van der Waals surface area contributed by atoms with Crippen molar-refractivity contribution in [1.29, 1.82) is 0 Å². The molecule has 6 aromatic rings. The van der Waals surface area contributed by atoms with Crippen molar-refractivity contribution >= 4 is 21.9 Å². The maximum Gasteiger partial charge on any atom is 0.344 e. The molecule has 7 heteroatoms. The Labute approximate surface area is 241 Å². The van der Waals surface area contributed by atoms with Crippen molar-refractivity contribution < 1.29 is 23.4 Å². The lowest BCUT2D eigenvalue weighted by Gasteiger charge is -2.13. The highest BCUT2D eigenvalue weighted by Gasteiger charge is 2.11. The Morgan fingerprint density at radius 2 is 1.00 bits per heavy atom. The maximum absolute atomic E-state index is 12.5. The summed E-state index contributed by atoms with van der Waals surface area (Å²) < 4.78 is 22.7. The van der Waals surface area contributed by atoms with Crippen LogP contribution in [0.3, 0.4) is 0 Å². The van der Waals surface area contributed by atoms with Gasteiger partial charge in [-0.25, -0.2) is 9.59 Å². The molecule has 4 aromatic carbocycles. The predicted molar refractivity (Wildman–Crippen MR) is 162 cm³/mol. The quantitative estimate of drug-likeness (QED) is 0.183. The van der Waals surface area contributed by atoms with E-state index < -0.39 is 17.4 Å². The van der Waals surface area contributed by atoms with Gasteiger partial charge in [0.15, 0.2) is 0 Å². The summed E-state index contributed by atoms with van der Waals surface area (Å²) in [6, 6.07) is 33.1. The maximum atomic E-state index is 12.5. The van der Waals surface area contributed by atoms with E-state index in [2.05, 4.69) is 0 Å². The summed E-state index contributed by atoms with van der Waals surface area (Å²) in [7, 11) is 0. The molecule has 0 aliphatic heterocycles. The van der Waals surface area contributed by atoms with Crippen LogP contribution in [0.2, 0.25) is 0 Å². The molecular weight excluding hydrogens is 532 g/mol. The minimum Gasteiger partial charge on any atom is -0.493 e. The van der Waals surface area contributed by atoms with Crippen molar-refractivity contribution in [1.82, 2.24) is 0 Å². The zero-order valence-electron chi connectivity index (χ0n) is 22.7. The predicted octanol–water partition coefficient (Wildman–Crippen LogP) is 6.83. The smallest absolute Gasteiger partial charge is 0.344 e. The third kappa shape index (κ3) is 6.11. The summed E-state index contributed by atoms with van der Waals surface area (Å²) >= 11 is 0. The number of aliphatic hydroxyl groups is 1. The molecule has 7 nitrogen and oxygen atoms in total. The molecule has 0 fully saturated rings. The van der Waals surface area contributed by atoms with E-state index in [0.717, 1.165) is 21.9 Å². The zero-order valence-corrected chi connectivity index (χ0v) is 22.7. The molecule has 0 bridgehead atoms. The van der Waals surface area contributed by atoms with Gasteiger partial charge in [0.25, 0.3) is 0 Å². The van der Waals surface area contributed by atoms with Crippen molar-refractivity contribution in [3.8, 4) is 33.8 Å². The van der Waals surface area contributed by atoms with Gasteiger partial charge in [0, 0.05) is 35.7 Å². The Balaban J connectivity index is 1.00. The van der Waals surface area contributed by atoms with Crippen molar-refractivity contribution in [2.45, 2.75) is 18.9 Å². The van der Waals surface area contributed by atoms with Gasteiger partial charge < -0.3 is 23.4 Å². The monoisotopic (exact) mass is 560 g/mol. The molecule has 0 amide bonds. The Morgan fingerprint density at radius 3 is 1.43 bits per heavy atom. The molecule has 0 radical (unpaired) electrons. The molecule has 0 saturated carbocycles. The minimum absolute atomic E-state index is 0.282. The van der Waals surface area contributed by atoms with Crippen LogP contribution < -0.4 is 20.7 Å². The average Bonchev–Trinajstić information content (AvgIpc) is 3.01. The Kier molecular flexibility index (Phi) is 7.83. The first-order chi connectivity index (χ1) is 20.5. The minimum atomic E-state index is -0.636. The van der Waals surface area contributed by atoms with Crippen molar-refractivity contribution in [3.63, 3.8) is 0 Å². The fraction of sp³-hybridized carbons (Fsp3) is 0.143. The highest BCUT2D eigenvalue weighted by molar-refractivity contribution is 5.83. The molecule has 6 rings (SSSR count). The van der Waals surface area contributed by atoms with Gasteiger partial charge in [-0.15, -0.1) is 0 Å². The lowest BCUT2D eigenvalue weighted by atomic mass is 10.1. The van der Waals surface area contributed by atoms with Crippen LogP contribution in [0.1, 0.15) is 12.8 Å². The number of benzene rings is 4. The van der Waals surface area contributed by atoms with Crippen LogP contribution in [0.25, 0.3) is 44.2 Å². The summed E-state index contributed by atoms with van der Waals surface area (Å²) in [5, 5.41) is 12.0. The highest BCUT2D eigenvalue weighted by Crippen LogP contribution is 2.26. The normalized spacial score (nSPS) is 11.3. The first-order valence-electron chi connectivity index (χ1n) is 13.7. The molecular formula is C35H28O7. The summed E-state index contributed by atoms with van der Waals surface area (Å²) in [6.07, 6.45) is 0.156. The van der Waals surface area contributed by atoms with E-state index in [-0.39, 0.29) is 13.2 Å². The molecule has 2 aromatic heterocycles. The van der Waals surface area contributed by atoms with Gasteiger partial charge >= 0.3 is 11.3 Å². The van der Waals surface area contributed by atoms with Crippen LogP contribution in [0.15, 0.2) is 128 Å². The largest absolute Gasteiger partial charge is 0.493 e. The number of ether oxygens (including phenoxy) is 2. The van der Waals surface area contributed by atoms with E-state index in [1.54, 1.807) is 12.1 Å². The number of hydrogen-bond acceptors (Lipinski definition) is 7. The van der Waals surface area contributed by atoms with Crippen LogP contribution >= 0.6 is 0 Å². The van der Waals surface area contributed by atoms with Crippen LogP contribution in [0.5, 0.6) is 11.5 Å². The zero-order chi connectivity index (χ0) is 28.9. The van der Waals surface area contributed by atoms with Crippen LogP contribution in [-0.2, 0) is 0 Å². The standard InChI is InChI=1S/C35H28O7/c36-27(15-17-39-28-13-11-25-19-30(23-7-3-1-4-8-23)34(37)41-32(25)21-28)16-18-40-29-14-12-26-20-31(24-9-5-2-6-10-24)35(38)42-33(26)22-29/h1-14,19-22,27,36H,15-18H2. The summed E-state index contributed by atoms with van der Waals surface area (Å²) in [6.45, 7) is 0.563. The third-order valence-corrected chi connectivity index (χ3v) is 7.02. The lowest BCUT2D eigenvalue weighted by molar-refractivity contribution is 0.113. The van der Waals surface area contributed by atoms with E-state index in [9.17, 15) is 14.7 Å². The van der Waals surface area contributed by atoms with E-state index in [1.807, 2.05) is 97.1 Å². The second-order valence-electron chi connectivity index (χ2n) is 9.95. The van der Waals surface area contributed by atoms with E-state index in [1.165, 1.54) is 0 Å². The van der Waals surface area contributed by atoms with Gasteiger partial charge in [-0.05, 0) is 47.5 Å². The number of hydrogen-bond donors (Lipinski definition) is 1. The van der Waals surface area contributed by atoms with E-state index >= 15 is 0 Å². The van der Waals surface area contributed by atoms with E-state index in [0.29, 0.717) is 46.6 Å². The van der Waals surface area contributed by atoms with Gasteiger partial charge in [-0.3, -0.25) is 0 Å². The van der Waals surface area contributed by atoms with Gasteiger partial charge in [-0.2, -0.15) is 0 Å². The molecule has 42 heavy (non-hydrogen) atoms. The van der Waals surface area contributed by atoms with E-state index in [4.69, 9.17) is 18.3 Å². The average molecular weight is 561 g/mol. The second kappa shape index (κ2) is 12.2. The fourth-order valence-corrected chi connectivity index (χ4v) is 4.77. The Morgan fingerprint density at radius 1 is 0.571 bits per heavy atom. The first kappa shape index (κ1) is 27.1. The van der Waals surface area contributed by atoms with Gasteiger partial charge in [0.05, 0.1) is 30.4 Å². The molecule has 0 atom stereocenters. The number of aliphatic hydroxyl groups excluding tert-OH is 1. The molecule has 210 valence electrons. The third-order valence-electron chi connectivity index (χ3n) is 7.02. The molecule has 0 unspecified atom stereocenters.